The fourth-order valence-electron chi connectivity index (χ4n) is 3.75. The Labute approximate surface area is 202 Å². The summed E-state index contributed by atoms with van der Waals surface area (Å²) in [7, 11) is 0. The van der Waals surface area contributed by atoms with E-state index in [1.165, 1.54) is 22.7 Å². The molecule has 0 aliphatic rings. The van der Waals surface area contributed by atoms with E-state index < -0.39 is 11.6 Å². The maximum absolute atomic E-state index is 13.6. The zero-order valence-corrected chi connectivity index (χ0v) is 19.7. The molecule has 0 aliphatic carbocycles. The number of fused-ring (bicyclic) bond motifs is 2. The number of nitrogens with one attached hydrogen (secondary N) is 2. The molecule has 170 valence electrons. The zero-order valence-electron chi connectivity index (χ0n) is 18.1. The molecule has 3 aromatic heterocycles. The monoisotopic (exact) mass is 491 g/mol. The van der Waals surface area contributed by atoms with Gasteiger partial charge in [0.05, 0.1) is 34.0 Å². The molecule has 0 saturated carbocycles. The van der Waals surface area contributed by atoms with Crippen LogP contribution in [0.15, 0.2) is 69.6 Å². The van der Waals surface area contributed by atoms with Gasteiger partial charge < -0.3 is 10.3 Å². The number of anilines is 1. The summed E-state index contributed by atoms with van der Waals surface area (Å²) in [5.74, 6) is 0.736. The van der Waals surface area contributed by atoms with E-state index in [0.29, 0.717) is 44.1 Å². The first-order valence-corrected chi connectivity index (χ1v) is 11.9. The van der Waals surface area contributed by atoms with Crippen LogP contribution in [-0.4, -0.2) is 35.7 Å². The number of benzene rings is 2. The normalized spacial score (nSPS) is 12.2. The molecule has 0 spiro atoms. The Morgan fingerprint density at radius 2 is 1.82 bits per heavy atom. The molecular formula is C23H18ClN7O2S. The molecule has 5 rings (SSSR count). The number of aromatic amines is 1. The summed E-state index contributed by atoms with van der Waals surface area (Å²) >= 11 is 7.71. The maximum Gasteiger partial charge on any atom is 0.285 e. The molecule has 0 saturated heterocycles. The van der Waals surface area contributed by atoms with Gasteiger partial charge in [-0.3, -0.25) is 14.2 Å². The Bertz CT molecular complexity index is 1650. The third-order valence-electron chi connectivity index (χ3n) is 5.30. The Morgan fingerprint density at radius 1 is 1.03 bits per heavy atom. The average Bonchev–Trinajstić information content (AvgIpc) is 2.84. The maximum atomic E-state index is 13.6. The summed E-state index contributed by atoms with van der Waals surface area (Å²) in [5.41, 5.74) is 0.734. The highest BCUT2D eigenvalue weighted by Gasteiger charge is 2.21. The predicted molar refractivity (Wildman–Crippen MR) is 134 cm³/mol. The molecule has 1 atom stereocenters. The molecule has 3 heterocycles. The van der Waals surface area contributed by atoms with Gasteiger partial charge in [0.25, 0.3) is 11.1 Å². The molecule has 11 heteroatoms. The van der Waals surface area contributed by atoms with Crippen molar-refractivity contribution < 1.29 is 0 Å². The molecule has 2 N–H and O–H groups in total. The van der Waals surface area contributed by atoms with Crippen LogP contribution >= 0.6 is 23.4 Å². The lowest BCUT2D eigenvalue weighted by Crippen LogP contribution is -2.28. The average molecular weight is 492 g/mol. The molecule has 9 nitrogen and oxygen atoms in total. The topological polar surface area (TPSA) is 118 Å². The lowest BCUT2D eigenvalue weighted by molar-refractivity contribution is 0.729. The minimum Gasteiger partial charge on any atom is -0.360 e. The largest absolute Gasteiger partial charge is 0.360 e. The number of thioether (sulfide) groups is 1. The van der Waals surface area contributed by atoms with Gasteiger partial charge in [-0.05, 0) is 37.4 Å². The highest BCUT2D eigenvalue weighted by molar-refractivity contribution is 7.98. The van der Waals surface area contributed by atoms with Gasteiger partial charge in [0.15, 0.2) is 10.8 Å². The first-order chi connectivity index (χ1) is 16.5. The van der Waals surface area contributed by atoms with E-state index >= 15 is 0 Å². The standard InChI is InChI=1S/C23H18ClN7O2S/c1-12(27-19-17-18(25-11-26-21(17)32)29-23(30-19)34-2)20-28-15-10-6-9-14(24)16(15)22(33)31(20)13-7-4-3-5-8-13/h3-12H,1-2H3,(H2,25,26,27,29,30,32). The van der Waals surface area contributed by atoms with Gasteiger partial charge in [-0.2, -0.15) is 4.98 Å². The first-order valence-electron chi connectivity index (χ1n) is 10.3. The highest BCUT2D eigenvalue weighted by Crippen LogP contribution is 2.26. The summed E-state index contributed by atoms with van der Waals surface area (Å²) in [6.45, 7) is 1.84. The number of rotatable bonds is 5. The van der Waals surface area contributed by atoms with Gasteiger partial charge in [0, 0.05) is 0 Å². The fraction of sp³-hybridized carbons (Fsp3) is 0.130. The number of hydrogen-bond acceptors (Lipinski definition) is 8. The van der Waals surface area contributed by atoms with E-state index in [0.717, 1.165) is 0 Å². The van der Waals surface area contributed by atoms with Crippen LogP contribution in [0.25, 0.3) is 27.6 Å². The third kappa shape index (κ3) is 3.80. The quantitative estimate of drug-likeness (QED) is 0.280. The predicted octanol–water partition coefficient (Wildman–Crippen LogP) is 3.96. The number of H-pyrrole nitrogens is 1. The van der Waals surface area contributed by atoms with Crippen LogP contribution in [-0.2, 0) is 0 Å². The van der Waals surface area contributed by atoms with Gasteiger partial charge in [-0.15, -0.1) is 0 Å². The Balaban J connectivity index is 1.73. The van der Waals surface area contributed by atoms with Crippen molar-refractivity contribution >= 4 is 51.1 Å². The first kappa shape index (κ1) is 22.1. The fourth-order valence-corrected chi connectivity index (χ4v) is 4.37. The van der Waals surface area contributed by atoms with Gasteiger partial charge >= 0.3 is 0 Å². The number of aromatic nitrogens is 6. The van der Waals surface area contributed by atoms with Crippen molar-refractivity contribution in [2.75, 3.05) is 11.6 Å². The van der Waals surface area contributed by atoms with Crippen molar-refractivity contribution in [3.05, 3.63) is 86.4 Å². The molecule has 0 amide bonds. The van der Waals surface area contributed by atoms with E-state index in [2.05, 4.69) is 25.3 Å². The summed E-state index contributed by atoms with van der Waals surface area (Å²) < 4.78 is 1.52. The molecule has 1 unspecified atom stereocenters. The molecule has 0 fully saturated rings. The van der Waals surface area contributed by atoms with Crippen molar-refractivity contribution in [3.63, 3.8) is 0 Å². The second-order valence-corrected chi connectivity index (χ2v) is 8.62. The van der Waals surface area contributed by atoms with Gasteiger partial charge in [0.1, 0.15) is 17.0 Å². The Hall–Kier alpha value is -3.76. The lowest BCUT2D eigenvalue weighted by atomic mass is 10.2. The van der Waals surface area contributed by atoms with Crippen LogP contribution in [0.5, 0.6) is 0 Å². The third-order valence-corrected chi connectivity index (χ3v) is 6.16. The highest BCUT2D eigenvalue weighted by atomic mass is 35.5. The smallest absolute Gasteiger partial charge is 0.285 e. The summed E-state index contributed by atoms with van der Waals surface area (Å²) in [6.07, 6.45) is 3.14. The van der Waals surface area contributed by atoms with Crippen molar-refractivity contribution in [2.45, 2.75) is 18.1 Å². The second-order valence-electron chi connectivity index (χ2n) is 7.44. The molecule has 34 heavy (non-hydrogen) atoms. The molecular weight excluding hydrogens is 474 g/mol. The Morgan fingerprint density at radius 3 is 2.59 bits per heavy atom. The number of hydrogen-bond donors (Lipinski definition) is 2. The van der Waals surface area contributed by atoms with E-state index in [1.807, 2.05) is 43.5 Å². The lowest BCUT2D eigenvalue weighted by Gasteiger charge is -2.21. The van der Waals surface area contributed by atoms with Gasteiger partial charge in [-0.1, -0.05) is 47.6 Å². The van der Waals surface area contributed by atoms with Gasteiger partial charge in [-0.25, -0.2) is 15.0 Å². The van der Waals surface area contributed by atoms with Crippen LogP contribution in [0.3, 0.4) is 0 Å². The molecule has 0 bridgehead atoms. The minimum absolute atomic E-state index is 0.226. The molecule has 5 aromatic rings. The van der Waals surface area contributed by atoms with Crippen LogP contribution in [0.4, 0.5) is 5.82 Å². The minimum atomic E-state index is -0.524. The van der Waals surface area contributed by atoms with Crippen LogP contribution in [0.1, 0.15) is 18.8 Å². The molecule has 2 aromatic carbocycles. The van der Waals surface area contributed by atoms with Gasteiger partial charge in [0.2, 0.25) is 0 Å². The summed E-state index contributed by atoms with van der Waals surface area (Å²) in [4.78, 5) is 46.5. The molecule has 0 aliphatic heterocycles. The second kappa shape index (κ2) is 8.88. The van der Waals surface area contributed by atoms with Crippen molar-refractivity contribution in [1.29, 1.82) is 0 Å². The van der Waals surface area contributed by atoms with E-state index in [4.69, 9.17) is 16.6 Å². The van der Waals surface area contributed by atoms with Crippen molar-refractivity contribution in [2.24, 2.45) is 0 Å². The number of para-hydroxylation sites is 1. The van der Waals surface area contributed by atoms with Crippen LogP contribution in [0.2, 0.25) is 5.02 Å². The van der Waals surface area contributed by atoms with E-state index in [1.54, 1.807) is 18.2 Å². The number of halogens is 1. The van der Waals surface area contributed by atoms with E-state index in [9.17, 15) is 9.59 Å². The molecule has 0 radical (unpaired) electrons. The Kier molecular flexibility index (Phi) is 5.76. The van der Waals surface area contributed by atoms with Crippen LogP contribution < -0.4 is 16.4 Å². The van der Waals surface area contributed by atoms with Crippen LogP contribution in [0, 0.1) is 0 Å². The summed E-state index contributed by atoms with van der Waals surface area (Å²) in [5, 5.41) is 4.62. The zero-order chi connectivity index (χ0) is 23.8. The number of nitrogens with zero attached hydrogens (tertiary/aromatic N) is 5. The summed E-state index contributed by atoms with van der Waals surface area (Å²) in [6, 6.07) is 13.8. The SMILES string of the molecule is CSc1nc(NC(C)c2nc3cccc(Cl)c3c(=O)n2-c2ccccc2)c2c(=O)nc[nH]c2n1. The van der Waals surface area contributed by atoms with E-state index in [-0.39, 0.29) is 10.9 Å². The van der Waals surface area contributed by atoms with Crippen molar-refractivity contribution in [1.82, 2.24) is 29.5 Å². The van der Waals surface area contributed by atoms with Crippen molar-refractivity contribution in [3.8, 4) is 5.69 Å².